The molecule has 0 aromatic carbocycles. The van der Waals surface area contributed by atoms with E-state index in [2.05, 4.69) is 46.3 Å². The Balaban J connectivity index is 2.38. The van der Waals surface area contributed by atoms with Crippen LogP contribution in [0.15, 0.2) is 0 Å². The van der Waals surface area contributed by atoms with Gasteiger partial charge in [0.15, 0.2) is 0 Å². The third-order valence-electron chi connectivity index (χ3n) is 3.18. The molecule has 0 amide bonds. The van der Waals surface area contributed by atoms with Gasteiger partial charge in [0, 0.05) is 19.1 Å². The number of likely N-dealkylation sites (N-methyl/N-ethyl adjacent to an activating group) is 1. The first-order chi connectivity index (χ1) is 8.04. The van der Waals surface area contributed by atoms with Gasteiger partial charge >= 0.3 is 0 Å². The van der Waals surface area contributed by atoms with Crippen LogP contribution >= 0.6 is 0 Å². The molecule has 0 saturated heterocycles. The first kappa shape index (κ1) is 13.8. The Morgan fingerprint density at radius 2 is 1.94 bits per heavy atom. The van der Waals surface area contributed by atoms with Crippen LogP contribution in [0, 0.1) is 13.8 Å². The van der Waals surface area contributed by atoms with Crippen LogP contribution in [0.1, 0.15) is 31.7 Å². The zero-order valence-electron chi connectivity index (χ0n) is 11.5. The Hall–Kier alpha value is -1.23. The molecule has 0 saturated carbocycles. The molecule has 0 radical (unpaired) electrons. The smallest absolute Gasteiger partial charge is 0.243 e. The van der Waals surface area contributed by atoms with Crippen LogP contribution in [0.5, 0.6) is 0 Å². The Morgan fingerprint density at radius 3 is 2.53 bits per heavy atom. The molecule has 1 heterocycles. The highest BCUT2D eigenvalue weighted by atomic mass is 15.2. The Bertz CT molecular complexity index is 353. The van der Waals surface area contributed by atoms with Crippen molar-refractivity contribution in [2.24, 2.45) is 0 Å². The molecule has 1 atom stereocenters. The predicted molar refractivity (Wildman–Crippen MR) is 70.2 cm³/mol. The lowest BCUT2D eigenvalue weighted by Crippen LogP contribution is -2.33. The van der Waals surface area contributed by atoms with E-state index < -0.39 is 0 Å². The van der Waals surface area contributed by atoms with Crippen molar-refractivity contribution in [3.8, 4) is 0 Å². The molecule has 17 heavy (non-hydrogen) atoms. The van der Waals surface area contributed by atoms with E-state index in [-0.39, 0.29) is 0 Å². The van der Waals surface area contributed by atoms with Crippen molar-refractivity contribution < 1.29 is 0 Å². The summed E-state index contributed by atoms with van der Waals surface area (Å²) in [4.78, 5) is 6.65. The lowest BCUT2D eigenvalue weighted by atomic mass is 10.2. The molecule has 0 aliphatic rings. The summed E-state index contributed by atoms with van der Waals surface area (Å²) in [6, 6.07) is 0.607. The lowest BCUT2D eigenvalue weighted by molar-refractivity contribution is 0.261. The summed E-state index contributed by atoms with van der Waals surface area (Å²) in [5.41, 5.74) is 1.81. The van der Waals surface area contributed by atoms with Crippen LogP contribution in [-0.4, -0.2) is 46.3 Å². The minimum absolute atomic E-state index is 0.607. The van der Waals surface area contributed by atoms with Crippen LogP contribution in [0.2, 0.25) is 0 Å². The summed E-state index contributed by atoms with van der Waals surface area (Å²) < 4.78 is 0. The van der Waals surface area contributed by atoms with Crippen LogP contribution in [0.4, 0.5) is 5.95 Å². The van der Waals surface area contributed by atoms with Gasteiger partial charge in [-0.3, -0.25) is 0 Å². The van der Waals surface area contributed by atoms with Gasteiger partial charge in [0.2, 0.25) is 5.95 Å². The number of hydrogen-bond donors (Lipinski definition) is 1. The van der Waals surface area contributed by atoms with Crippen LogP contribution < -0.4 is 5.32 Å². The number of nitrogens with zero attached hydrogens (tertiary/aromatic N) is 4. The van der Waals surface area contributed by atoms with Gasteiger partial charge in [0.1, 0.15) is 0 Å². The molecule has 1 aromatic heterocycles. The maximum Gasteiger partial charge on any atom is 0.243 e. The fraction of sp³-hybridized carbons (Fsp3) is 0.750. The Morgan fingerprint density at radius 1 is 1.24 bits per heavy atom. The fourth-order valence-corrected chi connectivity index (χ4v) is 1.41. The van der Waals surface area contributed by atoms with E-state index in [1.54, 1.807) is 0 Å². The van der Waals surface area contributed by atoms with Crippen LogP contribution in [0.3, 0.4) is 0 Å². The molecule has 1 rings (SSSR count). The van der Waals surface area contributed by atoms with Gasteiger partial charge in [-0.2, -0.15) is 5.10 Å². The molecule has 5 heteroatoms. The van der Waals surface area contributed by atoms with Crippen molar-refractivity contribution in [2.45, 2.75) is 40.2 Å². The molecule has 5 nitrogen and oxygen atoms in total. The van der Waals surface area contributed by atoms with Crippen LogP contribution in [0.25, 0.3) is 0 Å². The summed E-state index contributed by atoms with van der Waals surface area (Å²) in [6.45, 7) is 10.1. The molecule has 1 N–H and O–H groups in total. The summed E-state index contributed by atoms with van der Waals surface area (Å²) in [5.74, 6) is 0.616. The first-order valence-electron chi connectivity index (χ1n) is 6.16. The average Bonchev–Trinajstić information content (AvgIpc) is 2.32. The zero-order valence-corrected chi connectivity index (χ0v) is 11.5. The third-order valence-corrected chi connectivity index (χ3v) is 3.18. The normalized spacial score (nSPS) is 12.8. The largest absolute Gasteiger partial charge is 0.352 e. The van der Waals surface area contributed by atoms with E-state index in [4.69, 9.17) is 0 Å². The van der Waals surface area contributed by atoms with E-state index in [0.717, 1.165) is 30.9 Å². The second kappa shape index (κ2) is 6.49. The highest BCUT2D eigenvalue weighted by molar-refractivity contribution is 5.24. The molecule has 0 spiro atoms. The number of nitrogens with one attached hydrogen (secondary N) is 1. The molecule has 0 aliphatic heterocycles. The Labute approximate surface area is 104 Å². The quantitative estimate of drug-likeness (QED) is 0.815. The molecule has 0 fully saturated rings. The molecule has 96 valence electrons. The van der Waals surface area contributed by atoms with E-state index in [0.29, 0.717) is 12.0 Å². The van der Waals surface area contributed by atoms with E-state index in [9.17, 15) is 0 Å². The summed E-state index contributed by atoms with van der Waals surface area (Å²) in [7, 11) is 2.13. The highest BCUT2D eigenvalue weighted by Gasteiger charge is 2.06. The van der Waals surface area contributed by atoms with Crippen molar-refractivity contribution >= 4 is 5.95 Å². The molecule has 1 aromatic rings. The average molecular weight is 237 g/mol. The maximum atomic E-state index is 4.33. The second-order valence-electron chi connectivity index (χ2n) is 4.47. The first-order valence-corrected chi connectivity index (χ1v) is 6.16. The van der Waals surface area contributed by atoms with Crippen molar-refractivity contribution in [1.82, 2.24) is 20.1 Å². The van der Waals surface area contributed by atoms with Crippen molar-refractivity contribution in [1.29, 1.82) is 0 Å². The highest BCUT2D eigenvalue weighted by Crippen LogP contribution is 2.02. The van der Waals surface area contributed by atoms with E-state index in [1.165, 1.54) is 0 Å². The topological polar surface area (TPSA) is 53.9 Å². The van der Waals surface area contributed by atoms with Crippen LogP contribution in [-0.2, 0) is 0 Å². The SMILES string of the molecule is CCC(C)N(C)CCNc1nnc(C)c(C)n1. The molecular formula is C12H23N5. The van der Waals surface area contributed by atoms with Gasteiger partial charge in [-0.25, -0.2) is 4.98 Å². The van der Waals surface area contributed by atoms with Gasteiger partial charge < -0.3 is 10.2 Å². The minimum Gasteiger partial charge on any atom is -0.352 e. The molecule has 1 unspecified atom stereocenters. The third kappa shape index (κ3) is 4.26. The minimum atomic E-state index is 0.607. The Kier molecular flexibility index (Phi) is 5.28. The molecule has 0 aliphatic carbocycles. The lowest BCUT2D eigenvalue weighted by Gasteiger charge is -2.23. The standard InChI is InChI=1S/C12H23N5/c1-6-9(2)17(5)8-7-13-12-14-10(3)11(4)15-16-12/h9H,6-8H2,1-5H3,(H,13,14,16). The fourth-order valence-electron chi connectivity index (χ4n) is 1.41. The zero-order chi connectivity index (χ0) is 12.8. The van der Waals surface area contributed by atoms with Crippen molar-refractivity contribution in [2.75, 3.05) is 25.5 Å². The van der Waals surface area contributed by atoms with E-state index >= 15 is 0 Å². The van der Waals surface area contributed by atoms with Gasteiger partial charge in [-0.1, -0.05) is 6.92 Å². The monoisotopic (exact) mass is 237 g/mol. The number of hydrogen-bond acceptors (Lipinski definition) is 5. The van der Waals surface area contributed by atoms with Crippen molar-refractivity contribution in [3.63, 3.8) is 0 Å². The number of aryl methyl sites for hydroxylation is 2. The van der Waals surface area contributed by atoms with Crippen molar-refractivity contribution in [3.05, 3.63) is 11.4 Å². The van der Waals surface area contributed by atoms with E-state index in [1.807, 2.05) is 13.8 Å². The molecular weight excluding hydrogens is 214 g/mol. The summed E-state index contributed by atoms with van der Waals surface area (Å²) in [5, 5.41) is 11.2. The molecule has 0 bridgehead atoms. The number of aromatic nitrogens is 3. The van der Waals surface area contributed by atoms with Gasteiger partial charge in [-0.15, -0.1) is 5.10 Å². The van der Waals surface area contributed by atoms with Gasteiger partial charge in [0.05, 0.1) is 11.4 Å². The summed E-state index contributed by atoms with van der Waals surface area (Å²) in [6.07, 6.45) is 1.16. The number of anilines is 1. The number of rotatable bonds is 6. The van der Waals surface area contributed by atoms with Gasteiger partial charge in [0.25, 0.3) is 0 Å². The van der Waals surface area contributed by atoms with Gasteiger partial charge in [-0.05, 0) is 34.2 Å². The second-order valence-corrected chi connectivity index (χ2v) is 4.47. The predicted octanol–water partition coefficient (Wildman–Crippen LogP) is 1.63. The maximum absolute atomic E-state index is 4.33. The summed E-state index contributed by atoms with van der Waals surface area (Å²) >= 11 is 0.